The highest BCUT2D eigenvalue weighted by atomic mass is 16.4. The largest absolute Gasteiger partial charge is 0.478 e. The first-order valence-corrected chi connectivity index (χ1v) is 5.34. The van der Waals surface area contributed by atoms with E-state index in [2.05, 4.69) is 19.9 Å². The lowest BCUT2D eigenvalue weighted by atomic mass is 10.1. The molecule has 3 heteroatoms. The quantitative estimate of drug-likeness (QED) is 0.840. The van der Waals surface area contributed by atoms with E-state index >= 15 is 0 Å². The second kappa shape index (κ2) is 3.67. The summed E-state index contributed by atoms with van der Waals surface area (Å²) in [5.41, 5.74) is 2.33. The van der Waals surface area contributed by atoms with Crippen LogP contribution in [0.4, 0.5) is 0 Å². The Labute approximate surface area is 94.3 Å². The Morgan fingerprint density at radius 3 is 2.62 bits per heavy atom. The van der Waals surface area contributed by atoms with E-state index in [1.165, 1.54) is 0 Å². The van der Waals surface area contributed by atoms with Gasteiger partial charge < -0.3 is 9.67 Å². The van der Waals surface area contributed by atoms with Crippen LogP contribution in [0, 0.1) is 0 Å². The van der Waals surface area contributed by atoms with E-state index in [4.69, 9.17) is 5.11 Å². The topological polar surface area (TPSA) is 42.2 Å². The molecule has 1 aromatic carbocycles. The fraction of sp³-hybridized carbons (Fsp3) is 0.308. The average Bonchev–Trinajstić information content (AvgIpc) is 2.56. The van der Waals surface area contributed by atoms with Crippen molar-refractivity contribution in [3.63, 3.8) is 0 Å². The molecule has 3 nitrogen and oxygen atoms in total. The highest BCUT2D eigenvalue weighted by molar-refractivity contribution is 6.02. The molecule has 0 aliphatic heterocycles. The second-order valence-corrected chi connectivity index (χ2v) is 4.33. The van der Waals surface area contributed by atoms with Crippen molar-refractivity contribution in [2.45, 2.75) is 19.8 Å². The van der Waals surface area contributed by atoms with Crippen LogP contribution in [0.5, 0.6) is 0 Å². The van der Waals surface area contributed by atoms with Crippen LogP contribution in [0.15, 0.2) is 24.3 Å². The first-order valence-electron chi connectivity index (χ1n) is 5.34. The number of aromatic nitrogens is 1. The van der Waals surface area contributed by atoms with Crippen LogP contribution in [0.1, 0.15) is 35.8 Å². The standard InChI is InChI=1S/C13H15NO2/c1-8(2)11-7-9-5-4-6-10(13(15)16)12(9)14(11)3/h4-8H,1-3H3,(H,15,16). The summed E-state index contributed by atoms with van der Waals surface area (Å²) in [6, 6.07) is 7.45. The summed E-state index contributed by atoms with van der Waals surface area (Å²) in [6.45, 7) is 4.21. The molecule has 0 bridgehead atoms. The van der Waals surface area contributed by atoms with Crippen molar-refractivity contribution in [2.24, 2.45) is 7.05 Å². The number of fused-ring (bicyclic) bond motifs is 1. The summed E-state index contributed by atoms with van der Waals surface area (Å²) >= 11 is 0. The summed E-state index contributed by atoms with van der Waals surface area (Å²) in [6.07, 6.45) is 0. The number of aryl methyl sites for hydroxylation is 1. The van der Waals surface area contributed by atoms with Gasteiger partial charge in [-0.05, 0) is 18.1 Å². The lowest BCUT2D eigenvalue weighted by Crippen LogP contribution is -2.03. The van der Waals surface area contributed by atoms with Gasteiger partial charge in [-0.25, -0.2) is 4.79 Å². The lowest BCUT2D eigenvalue weighted by Gasteiger charge is -2.08. The normalized spacial score (nSPS) is 11.2. The summed E-state index contributed by atoms with van der Waals surface area (Å²) in [4.78, 5) is 11.1. The van der Waals surface area contributed by atoms with Crippen molar-refractivity contribution in [2.75, 3.05) is 0 Å². The summed E-state index contributed by atoms with van der Waals surface area (Å²) < 4.78 is 1.98. The molecule has 1 heterocycles. The number of hydrogen-bond donors (Lipinski definition) is 1. The zero-order valence-electron chi connectivity index (χ0n) is 9.69. The van der Waals surface area contributed by atoms with Gasteiger partial charge in [0.05, 0.1) is 11.1 Å². The van der Waals surface area contributed by atoms with Gasteiger partial charge in [-0.2, -0.15) is 0 Å². The minimum absolute atomic E-state index is 0.368. The first kappa shape index (κ1) is 10.7. The van der Waals surface area contributed by atoms with Crippen LogP contribution in [-0.4, -0.2) is 15.6 Å². The third-order valence-electron chi connectivity index (χ3n) is 2.92. The number of para-hydroxylation sites is 1. The van der Waals surface area contributed by atoms with E-state index in [1.54, 1.807) is 12.1 Å². The molecule has 0 saturated heterocycles. The van der Waals surface area contributed by atoms with E-state index in [0.29, 0.717) is 11.5 Å². The zero-order valence-corrected chi connectivity index (χ0v) is 9.69. The molecule has 16 heavy (non-hydrogen) atoms. The van der Waals surface area contributed by atoms with Crippen molar-refractivity contribution in [3.05, 3.63) is 35.5 Å². The predicted molar refractivity (Wildman–Crippen MR) is 64.0 cm³/mol. The van der Waals surface area contributed by atoms with Gasteiger partial charge in [0.25, 0.3) is 0 Å². The van der Waals surface area contributed by atoms with Crippen LogP contribution in [0.2, 0.25) is 0 Å². The molecule has 2 rings (SSSR count). The van der Waals surface area contributed by atoms with Crippen LogP contribution in [0.25, 0.3) is 10.9 Å². The number of rotatable bonds is 2. The number of carboxylic acids is 1. The van der Waals surface area contributed by atoms with Crippen molar-refractivity contribution in [1.29, 1.82) is 0 Å². The van der Waals surface area contributed by atoms with E-state index in [-0.39, 0.29) is 0 Å². The van der Waals surface area contributed by atoms with Gasteiger partial charge in [-0.1, -0.05) is 26.0 Å². The fourth-order valence-electron chi connectivity index (χ4n) is 2.16. The summed E-state index contributed by atoms with van der Waals surface area (Å²) in [5.74, 6) is -0.485. The number of carboxylic acid groups (broad SMARTS) is 1. The molecule has 1 N–H and O–H groups in total. The second-order valence-electron chi connectivity index (χ2n) is 4.33. The SMILES string of the molecule is CC(C)c1cc2cccc(C(=O)O)c2n1C. The van der Waals surface area contributed by atoms with Gasteiger partial charge in [-0.15, -0.1) is 0 Å². The average molecular weight is 217 g/mol. The Bertz CT molecular complexity index is 552. The van der Waals surface area contributed by atoms with Crippen molar-refractivity contribution in [1.82, 2.24) is 4.57 Å². The molecule has 84 valence electrons. The van der Waals surface area contributed by atoms with Gasteiger partial charge in [0.1, 0.15) is 0 Å². The Hall–Kier alpha value is -1.77. The summed E-state index contributed by atoms with van der Waals surface area (Å²) in [5, 5.41) is 10.1. The maximum absolute atomic E-state index is 11.1. The lowest BCUT2D eigenvalue weighted by molar-refractivity contribution is 0.0698. The number of aromatic carboxylic acids is 1. The minimum atomic E-state index is -0.873. The molecule has 0 radical (unpaired) electrons. The molecule has 0 atom stereocenters. The third kappa shape index (κ3) is 1.48. The molecule has 0 spiro atoms. The highest BCUT2D eigenvalue weighted by Gasteiger charge is 2.15. The number of carbonyl (C=O) groups is 1. The molecule has 2 aromatic rings. The predicted octanol–water partition coefficient (Wildman–Crippen LogP) is 3.00. The maximum atomic E-state index is 11.1. The first-order chi connectivity index (χ1) is 7.52. The van der Waals surface area contributed by atoms with Gasteiger partial charge >= 0.3 is 5.97 Å². The van der Waals surface area contributed by atoms with Crippen molar-refractivity contribution >= 4 is 16.9 Å². The van der Waals surface area contributed by atoms with E-state index in [1.807, 2.05) is 17.7 Å². The number of nitrogens with zero attached hydrogens (tertiary/aromatic N) is 1. The van der Waals surface area contributed by atoms with Gasteiger partial charge in [0.2, 0.25) is 0 Å². The Kier molecular flexibility index (Phi) is 2.46. The van der Waals surface area contributed by atoms with E-state index in [0.717, 1.165) is 16.6 Å². The Morgan fingerprint density at radius 1 is 1.38 bits per heavy atom. The molecular formula is C13H15NO2. The Balaban J connectivity index is 2.82. The monoisotopic (exact) mass is 217 g/mol. The fourth-order valence-corrected chi connectivity index (χ4v) is 2.16. The van der Waals surface area contributed by atoms with E-state index in [9.17, 15) is 4.79 Å². The van der Waals surface area contributed by atoms with Crippen molar-refractivity contribution in [3.8, 4) is 0 Å². The van der Waals surface area contributed by atoms with Gasteiger partial charge in [-0.3, -0.25) is 0 Å². The number of benzene rings is 1. The van der Waals surface area contributed by atoms with Gasteiger partial charge in [0, 0.05) is 18.1 Å². The number of hydrogen-bond acceptors (Lipinski definition) is 1. The van der Waals surface area contributed by atoms with Crippen LogP contribution in [-0.2, 0) is 7.05 Å². The van der Waals surface area contributed by atoms with Crippen LogP contribution < -0.4 is 0 Å². The molecule has 0 fully saturated rings. The molecule has 0 amide bonds. The van der Waals surface area contributed by atoms with Crippen LogP contribution in [0.3, 0.4) is 0 Å². The molecular weight excluding hydrogens is 202 g/mol. The minimum Gasteiger partial charge on any atom is -0.478 e. The summed E-state index contributed by atoms with van der Waals surface area (Å²) in [7, 11) is 1.92. The third-order valence-corrected chi connectivity index (χ3v) is 2.92. The molecule has 0 aliphatic carbocycles. The maximum Gasteiger partial charge on any atom is 0.337 e. The zero-order chi connectivity index (χ0) is 11.9. The van der Waals surface area contributed by atoms with Crippen molar-refractivity contribution < 1.29 is 9.90 Å². The van der Waals surface area contributed by atoms with E-state index < -0.39 is 5.97 Å². The van der Waals surface area contributed by atoms with Gasteiger partial charge in [0.15, 0.2) is 0 Å². The highest BCUT2D eigenvalue weighted by Crippen LogP contribution is 2.26. The Morgan fingerprint density at radius 2 is 2.06 bits per heavy atom. The molecule has 1 aromatic heterocycles. The van der Waals surface area contributed by atoms with Crippen LogP contribution >= 0.6 is 0 Å². The molecule has 0 saturated carbocycles. The molecule has 0 aliphatic rings. The smallest absolute Gasteiger partial charge is 0.337 e. The molecule has 0 unspecified atom stereocenters.